The van der Waals surface area contributed by atoms with Crippen molar-refractivity contribution in [3.05, 3.63) is 52.1 Å². The summed E-state index contributed by atoms with van der Waals surface area (Å²) >= 11 is 0. The zero-order chi connectivity index (χ0) is 16.6. The summed E-state index contributed by atoms with van der Waals surface area (Å²) in [5, 5.41) is 10.9. The number of imidazole rings is 1. The van der Waals surface area contributed by atoms with E-state index < -0.39 is 5.60 Å². The highest BCUT2D eigenvalue weighted by molar-refractivity contribution is 5.74. The second-order valence-electron chi connectivity index (χ2n) is 7.59. The highest BCUT2D eigenvalue weighted by Crippen LogP contribution is 2.51. The van der Waals surface area contributed by atoms with E-state index in [1.165, 1.54) is 4.57 Å². The fourth-order valence-corrected chi connectivity index (χ4v) is 4.59. The number of nitrogens with zero attached hydrogens (tertiary/aromatic N) is 2. The van der Waals surface area contributed by atoms with Gasteiger partial charge < -0.3 is 9.84 Å². The summed E-state index contributed by atoms with van der Waals surface area (Å²) in [7, 11) is 0. The second kappa shape index (κ2) is 4.35. The molecule has 0 spiro atoms. The van der Waals surface area contributed by atoms with Gasteiger partial charge in [-0.05, 0) is 51.3 Å². The summed E-state index contributed by atoms with van der Waals surface area (Å²) in [5.74, 6) is 1.15. The third-order valence-corrected chi connectivity index (χ3v) is 5.52. The van der Waals surface area contributed by atoms with Gasteiger partial charge in [0.15, 0.2) is 0 Å². The van der Waals surface area contributed by atoms with Crippen molar-refractivity contribution >= 4 is 5.70 Å². The first-order chi connectivity index (χ1) is 11.5. The Labute approximate surface area is 139 Å². The SMILES string of the molecule is CC1(C)C=C(n2c(O)c3n(c2=O)[C@H]2CC[C@@H]3C2)c2ccccc2O1. The van der Waals surface area contributed by atoms with Gasteiger partial charge in [0.05, 0.1) is 11.4 Å². The molecule has 2 bridgehead atoms. The number of ether oxygens (including phenoxy) is 1. The van der Waals surface area contributed by atoms with Crippen LogP contribution in [-0.4, -0.2) is 19.8 Å². The molecule has 1 aliphatic carbocycles. The molecule has 5 rings (SSSR count). The van der Waals surface area contributed by atoms with E-state index in [2.05, 4.69) is 0 Å². The monoisotopic (exact) mass is 324 g/mol. The first-order valence-corrected chi connectivity index (χ1v) is 8.54. The van der Waals surface area contributed by atoms with E-state index >= 15 is 0 Å². The fraction of sp³-hybridized carbons (Fsp3) is 0.421. The van der Waals surface area contributed by atoms with Crippen LogP contribution < -0.4 is 10.4 Å². The third-order valence-electron chi connectivity index (χ3n) is 5.52. The Bertz CT molecular complexity index is 948. The van der Waals surface area contributed by atoms with Crippen LogP contribution >= 0.6 is 0 Å². The van der Waals surface area contributed by atoms with Gasteiger partial charge in [0.1, 0.15) is 11.4 Å². The molecule has 0 amide bonds. The number of benzene rings is 1. The molecule has 2 aliphatic heterocycles. The Morgan fingerprint density at radius 2 is 2.04 bits per heavy atom. The van der Waals surface area contributed by atoms with Crippen LogP contribution in [0.4, 0.5) is 0 Å². The maximum atomic E-state index is 13.1. The molecule has 1 aromatic heterocycles. The molecule has 0 radical (unpaired) electrons. The van der Waals surface area contributed by atoms with Crippen LogP contribution in [0.1, 0.15) is 56.3 Å². The first-order valence-electron chi connectivity index (χ1n) is 8.54. The molecule has 3 heterocycles. The zero-order valence-electron chi connectivity index (χ0n) is 13.8. The third kappa shape index (κ3) is 1.67. The zero-order valence-corrected chi connectivity index (χ0v) is 13.8. The number of para-hydroxylation sites is 1. The standard InChI is InChI=1S/C19H20N2O3/c1-19(2)10-14(13-5-3-4-6-15(13)24-19)21-17(22)16-11-7-8-12(9-11)20(16)18(21)23/h3-6,10-12,22H,7-9H2,1-2H3/t11-,12+/m1/s1. The highest BCUT2D eigenvalue weighted by atomic mass is 16.5. The predicted octanol–water partition coefficient (Wildman–Crippen LogP) is 3.24. The maximum Gasteiger partial charge on any atom is 0.336 e. The van der Waals surface area contributed by atoms with Crippen LogP contribution in [-0.2, 0) is 0 Å². The number of aromatic hydroxyl groups is 1. The van der Waals surface area contributed by atoms with Gasteiger partial charge in [-0.25, -0.2) is 9.36 Å². The number of rotatable bonds is 1. The Kier molecular flexibility index (Phi) is 2.53. The van der Waals surface area contributed by atoms with Gasteiger partial charge in [0, 0.05) is 17.5 Å². The predicted molar refractivity (Wildman–Crippen MR) is 90.5 cm³/mol. The topological polar surface area (TPSA) is 56.4 Å². The lowest BCUT2D eigenvalue weighted by molar-refractivity contribution is 0.157. The van der Waals surface area contributed by atoms with E-state index in [-0.39, 0.29) is 17.6 Å². The average molecular weight is 324 g/mol. The Balaban J connectivity index is 1.78. The number of hydrogen-bond acceptors (Lipinski definition) is 3. The molecular weight excluding hydrogens is 304 g/mol. The van der Waals surface area contributed by atoms with Crippen LogP contribution in [0.15, 0.2) is 35.1 Å². The normalized spacial score (nSPS) is 25.8. The number of aromatic nitrogens is 2. The van der Waals surface area contributed by atoms with Crippen molar-refractivity contribution in [2.45, 2.75) is 50.7 Å². The summed E-state index contributed by atoms with van der Waals surface area (Å²) < 4.78 is 9.29. The van der Waals surface area contributed by atoms with Crippen LogP contribution in [0.3, 0.4) is 0 Å². The van der Waals surface area contributed by atoms with Gasteiger partial charge >= 0.3 is 5.69 Å². The maximum absolute atomic E-state index is 13.1. The van der Waals surface area contributed by atoms with Gasteiger partial charge in [0.25, 0.3) is 0 Å². The summed E-state index contributed by atoms with van der Waals surface area (Å²) in [6.07, 6.45) is 5.01. The largest absolute Gasteiger partial charge is 0.493 e. The van der Waals surface area contributed by atoms with Crippen molar-refractivity contribution in [3.8, 4) is 11.6 Å². The van der Waals surface area contributed by atoms with E-state index in [1.807, 2.05) is 48.8 Å². The van der Waals surface area contributed by atoms with Crippen molar-refractivity contribution in [3.63, 3.8) is 0 Å². The Hall–Kier alpha value is -2.43. The van der Waals surface area contributed by atoms with Gasteiger partial charge in [-0.3, -0.25) is 4.57 Å². The minimum atomic E-state index is -0.541. The van der Waals surface area contributed by atoms with Gasteiger partial charge in [0.2, 0.25) is 5.88 Å². The molecule has 1 aromatic carbocycles. The van der Waals surface area contributed by atoms with Crippen LogP contribution in [0.2, 0.25) is 0 Å². The molecule has 24 heavy (non-hydrogen) atoms. The van der Waals surface area contributed by atoms with E-state index in [4.69, 9.17) is 4.74 Å². The Morgan fingerprint density at radius 3 is 2.83 bits per heavy atom. The molecule has 1 fully saturated rings. The minimum absolute atomic E-state index is 0.103. The van der Waals surface area contributed by atoms with E-state index in [0.29, 0.717) is 11.6 Å². The van der Waals surface area contributed by atoms with Gasteiger partial charge in [-0.1, -0.05) is 12.1 Å². The van der Waals surface area contributed by atoms with E-state index in [9.17, 15) is 9.90 Å². The molecular formula is C19H20N2O3. The summed E-state index contributed by atoms with van der Waals surface area (Å²) in [6.45, 7) is 3.91. The van der Waals surface area contributed by atoms with Crippen LogP contribution in [0, 0.1) is 0 Å². The molecule has 0 saturated heterocycles. The smallest absolute Gasteiger partial charge is 0.336 e. The molecule has 0 unspecified atom stereocenters. The lowest BCUT2D eigenvalue weighted by Crippen LogP contribution is -2.33. The molecule has 2 aromatic rings. The average Bonchev–Trinajstić information content (AvgIpc) is 3.20. The molecule has 3 aliphatic rings. The van der Waals surface area contributed by atoms with Crippen LogP contribution in [0.5, 0.6) is 11.6 Å². The lowest BCUT2D eigenvalue weighted by atomic mass is 9.99. The fourth-order valence-electron chi connectivity index (χ4n) is 4.59. The highest BCUT2D eigenvalue weighted by Gasteiger charge is 2.43. The molecule has 5 nitrogen and oxygen atoms in total. The molecule has 1 saturated carbocycles. The Morgan fingerprint density at radius 1 is 1.25 bits per heavy atom. The molecule has 2 atom stereocenters. The second-order valence-corrected chi connectivity index (χ2v) is 7.59. The molecule has 1 N–H and O–H groups in total. The van der Waals surface area contributed by atoms with Crippen molar-refractivity contribution in [2.24, 2.45) is 0 Å². The van der Waals surface area contributed by atoms with E-state index in [0.717, 1.165) is 36.3 Å². The summed E-state index contributed by atoms with van der Waals surface area (Å²) in [6, 6.07) is 7.91. The van der Waals surface area contributed by atoms with Crippen molar-refractivity contribution in [2.75, 3.05) is 0 Å². The number of fused-ring (bicyclic) bond motifs is 6. The molecule has 124 valence electrons. The quantitative estimate of drug-likeness (QED) is 0.876. The summed E-state index contributed by atoms with van der Waals surface area (Å²) in [4.78, 5) is 13.1. The van der Waals surface area contributed by atoms with Crippen molar-refractivity contribution in [1.29, 1.82) is 0 Å². The lowest BCUT2D eigenvalue weighted by Gasteiger charge is -2.31. The first kappa shape index (κ1) is 14.0. The van der Waals surface area contributed by atoms with Gasteiger partial charge in [-0.2, -0.15) is 0 Å². The minimum Gasteiger partial charge on any atom is -0.493 e. The van der Waals surface area contributed by atoms with E-state index in [1.54, 1.807) is 0 Å². The van der Waals surface area contributed by atoms with Crippen molar-refractivity contribution in [1.82, 2.24) is 9.13 Å². The van der Waals surface area contributed by atoms with Gasteiger partial charge in [-0.15, -0.1) is 0 Å². The van der Waals surface area contributed by atoms with Crippen LogP contribution in [0.25, 0.3) is 5.70 Å². The van der Waals surface area contributed by atoms with Crippen molar-refractivity contribution < 1.29 is 9.84 Å². The molecule has 5 heteroatoms. The number of hydrogen-bond donors (Lipinski definition) is 1. The summed E-state index contributed by atoms with van der Waals surface area (Å²) in [5.41, 5.74) is 1.70.